The topological polar surface area (TPSA) is 83.7 Å². The Morgan fingerprint density at radius 2 is 1.71 bits per heavy atom. The van der Waals surface area contributed by atoms with Gasteiger partial charge in [0.25, 0.3) is 0 Å². The van der Waals surface area contributed by atoms with Crippen LogP contribution in [0.25, 0.3) is 10.9 Å². The van der Waals surface area contributed by atoms with E-state index in [2.05, 4.69) is 15.3 Å². The Morgan fingerprint density at radius 1 is 1.06 bits per heavy atom. The Bertz CT molecular complexity index is 1040. The molecule has 9 heteroatoms. The number of anilines is 3. The minimum atomic E-state index is -0.642. The molecule has 0 saturated carbocycles. The van der Waals surface area contributed by atoms with Gasteiger partial charge >= 0.3 is 6.03 Å². The van der Waals surface area contributed by atoms with Crippen LogP contribution in [0.15, 0.2) is 48.5 Å². The minimum Gasteiger partial charge on any atom is -0.497 e. The van der Waals surface area contributed by atoms with Crippen molar-refractivity contribution in [3.63, 3.8) is 0 Å². The number of aryl methyl sites for hydroxylation is 1. The summed E-state index contributed by atoms with van der Waals surface area (Å²) in [6, 6.07) is 14.2. The molecule has 7 nitrogen and oxygen atoms in total. The van der Waals surface area contributed by atoms with Gasteiger partial charge in [0.1, 0.15) is 5.75 Å². The molecule has 3 aromatic rings. The first kappa shape index (κ1) is 22.8. The van der Waals surface area contributed by atoms with Crippen LogP contribution >= 0.6 is 23.2 Å². The highest BCUT2D eigenvalue weighted by molar-refractivity contribution is 6.18. The Hall–Kier alpha value is -2.90. The maximum Gasteiger partial charge on any atom is 0.338 e. The summed E-state index contributed by atoms with van der Waals surface area (Å²) in [5.41, 5.74) is 12.7. The predicted octanol–water partition coefficient (Wildman–Crippen LogP) is 4.75. The standard InChI is InChI=1S/C22H25Cl2N5O2/c1-15-13-21(19-14-18(31-2)7-8-20(19)26-15)27-29(22(25)30)17-5-3-16(4-6-17)28(11-9-23)12-10-24/h3-8,13-14H,9-12H2,1-2H3,(H2,25,30)(H,26,27). The first-order valence-corrected chi connectivity index (χ1v) is 10.8. The number of primary amides is 1. The molecule has 0 unspecified atom stereocenters. The lowest BCUT2D eigenvalue weighted by Gasteiger charge is -2.26. The average molecular weight is 462 g/mol. The second kappa shape index (κ2) is 10.4. The minimum absolute atomic E-state index is 0.492. The number of ether oxygens (including phenoxy) is 1. The number of rotatable bonds is 9. The molecule has 0 spiro atoms. The van der Waals surface area contributed by atoms with Gasteiger partial charge in [-0.1, -0.05) is 0 Å². The van der Waals surface area contributed by atoms with Crippen molar-refractivity contribution >= 4 is 57.2 Å². The van der Waals surface area contributed by atoms with Gasteiger partial charge in [-0.25, -0.2) is 9.80 Å². The number of hydrogen-bond donors (Lipinski definition) is 2. The molecule has 0 atom stereocenters. The van der Waals surface area contributed by atoms with E-state index in [1.807, 2.05) is 55.5 Å². The summed E-state index contributed by atoms with van der Waals surface area (Å²) < 4.78 is 5.34. The Morgan fingerprint density at radius 3 is 2.29 bits per heavy atom. The zero-order chi connectivity index (χ0) is 22.4. The fourth-order valence-corrected chi connectivity index (χ4v) is 3.72. The number of benzene rings is 2. The van der Waals surface area contributed by atoms with Crippen LogP contribution in [-0.4, -0.2) is 43.0 Å². The van der Waals surface area contributed by atoms with Crippen molar-refractivity contribution in [3.8, 4) is 5.75 Å². The highest BCUT2D eigenvalue weighted by atomic mass is 35.5. The van der Waals surface area contributed by atoms with Gasteiger partial charge in [-0.3, -0.25) is 10.4 Å². The van der Waals surface area contributed by atoms with Gasteiger partial charge in [0.05, 0.1) is 24.0 Å². The van der Waals surface area contributed by atoms with Crippen molar-refractivity contribution in [3.05, 3.63) is 54.2 Å². The average Bonchev–Trinajstić information content (AvgIpc) is 2.76. The largest absolute Gasteiger partial charge is 0.497 e. The second-order valence-corrected chi connectivity index (χ2v) is 7.62. The van der Waals surface area contributed by atoms with Gasteiger partial charge in [-0.05, 0) is 55.5 Å². The van der Waals surface area contributed by atoms with E-state index in [-0.39, 0.29) is 0 Å². The Balaban J connectivity index is 1.94. The van der Waals surface area contributed by atoms with Crippen LogP contribution in [0.2, 0.25) is 0 Å². The SMILES string of the molecule is COc1ccc2nc(C)cc(NN(C(N)=O)c3ccc(N(CCCl)CCCl)cc3)c2c1. The van der Waals surface area contributed by atoms with E-state index in [1.165, 1.54) is 5.01 Å². The molecule has 164 valence electrons. The number of methoxy groups -OCH3 is 1. The molecule has 3 rings (SSSR count). The van der Waals surface area contributed by atoms with Crippen molar-refractivity contribution < 1.29 is 9.53 Å². The number of amides is 2. The van der Waals surface area contributed by atoms with Crippen molar-refractivity contribution in [2.75, 3.05) is 47.3 Å². The first-order valence-electron chi connectivity index (χ1n) is 9.75. The maximum atomic E-state index is 12.3. The van der Waals surface area contributed by atoms with Crippen LogP contribution in [-0.2, 0) is 0 Å². The number of hydrazine groups is 1. The lowest BCUT2D eigenvalue weighted by atomic mass is 10.1. The summed E-state index contributed by atoms with van der Waals surface area (Å²) in [6.45, 7) is 3.24. The number of halogens is 2. The zero-order valence-electron chi connectivity index (χ0n) is 17.4. The van der Waals surface area contributed by atoms with E-state index in [9.17, 15) is 4.79 Å². The molecule has 0 bridgehead atoms. The lowest BCUT2D eigenvalue weighted by molar-refractivity contribution is 0.255. The molecule has 31 heavy (non-hydrogen) atoms. The number of nitrogens with one attached hydrogen (secondary N) is 1. The third-order valence-corrected chi connectivity index (χ3v) is 5.12. The molecule has 0 aliphatic carbocycles. The number of hydrogen-bond acceptors (Lipinski definition) is 5. The number of carbonyl (C=O) groups excluding carboxylic acids is 1. The quantitative estimate of drug-likeness (QED) is 0.354. The van der Waals surface area contributed by atoms with Crippen LogP contribution in [0.1, 0.15) is 5.69 Å². The number of pyridine rings is 1. The van der Waals surface area contributed by atoms with Crippen molar-refractivity contribution in [1.29, 1.82) is 0 Å². The Labute approximate surface area is 191 Å². The van der Waals surface area contributed by atoms with Gasteiger partial charge < -0.3 is 15.4 Å². The summed E-state index contributed by atoms with van der Waals surface area (Å²) in [5, 5.41) is 2.11. The highest BCUT2D eigenvalue weighted by Gasteiger charge is 2.16. The molecule has 1 heterocycles. The number of carbonyl (C=O) groups is 1. The molecule has 0 radical (unpaired) electrons. The van der Waals surface area contributed by atoms with Crippen LogP contribution in [0.4, 0.5) is 21.9 Å². The summed E-state index contributed by atoms with van der Waals surface area (Å²) in [5.74, 6) is 1.67. The molecule has 0 aliphatic heterocycles. The first-order chi connectivity index (χ1) is 15.0. The van der Waals surface area contributed by atoms with Crippen LogP contribution in [0.5, 0.6) is 5.75 Å². The molecule has 2 aromatic carbocycles. The lowest BCUT2D eigenvalue weighted by Crippen LogP contribution is -2.40. The number of urea groups is 1. The summed E-state index contributed by atoms with van der Waals surface area (Å²) in [7, 11) is 1.60. The smallest absolute Gasteiger partial charge is 0.338 e. The van der Waals surface area contributed by atoms with Gasteiger partial charge in [0, 0.05) is 41.6 Å². The molecule has 0 aliphatic rings. The number of aromatic nitrogens is 1. The fraction of sp³-hybridized carbons (Fsp3) is 0.273. The van der Waals surface area contributed by atoms with Gasteiger partial charge in [-0.2, -0.15) is 0 Å². The molecule has 0 fully saturated rings. The van der Waals surface area contributed by atoms with E-state index >= 15 is 0 Å². The zero-order valence-corrected chi connectivity index (χ0v) is 19.0. The monoisotopic (exact) mass is 461 g/mol. The van der Waals surface area contributed by atoms with E-state index in [1.54, 1.807) is 7.11 Å². The third kappa shape index (κ3) is 5.42. The van der Waals surface area contributed by atoms with Crippen molar-refractivity contribution in [2.45, 2.75) is 6.92 Å². The number of alkyl halides is 2. The molecular formula is C22H25Cl2N5O2. The van der Waals surface area contributed by atoms with Gasteiger partial charge in [0.2, 0.25) is 0 Å². The van der Waals surface area contributed by atoms with Crippen LogP contribution in [0.3, 0.4) is 0 Å². The summed E-state index contributed by atoms with van der Waals surface area (Å²) in [4.78, 5) is 18.9. The van der Waals surface area contributed by atoms with E-state index in [4.69, 9.17) is 33.7 Å². The third-order valence-electron chi connectivity index (χ3n) is 4.78. The number of nitrogens with two attached hydrogens (primary N) is 1. The predicted molar refractivity (Wildman–Crippen MR) is 129 cm³/mol. The summed E-state index contributed by atoms with van der Waals surface area (Å²) >= 11 is 11.8. The van der Waals surface area contributed by atoms with E-state index in [0.29, 0.717) is 42.0 Å². The molecule has 0 saturated heterocycles. The van der Waals surface area contributed by atoms with Crippen LogP contribution < -0.4 is 25.8 Å². The highest BCUT2D eigenvalue weighted by Crippen LogP contribution is 2.29. The number of fused-ring (bicyclic) bond motifs is 1. The summed E-state index contributed by atoms with van der Waals surface area (Å²) in [6.07, 6.45) is 0. The normalized spacial score (nSPS) is 10.7. The number of nitrogens with zero attached hydrogens (tertiary/aromatic N) is 3. The second-order valence-electron chi connectivity index (χ2n) is 6.86. The maximum absolute atomic E-state index is 12.3. The molecule has 3 N–H and O–H groups in total. The molecule has 2 amide bonds. The van der Waals surface area contributed by atoms with E-state index in [0.717, 1.165) is 22.3 Å². The molecular weight excluding hydrogens is 437 g/mol. The Kier molecular flexibility index (Phi) is 7.65. The van der Waals surface area contributed by atoms with Gasteiger partial charge in [0.15, 0.2) is 0 Å². The van der Waals surface area contributed by atoms with Crippen molar-refractivity contribution in [2.24, 2.45) is 5.73 Å². The van der Waals surface area contributed by atoms with E-state index < -0.39 is 6.03 Å². The molecule has 1 aromatic heterocycles. The fourth-order valence-electron chi connectivity index (χ4n) is 3.31. The van der Waals surface area contributed by atoms with Crippen molar-refractivity contribution in [1.82, 2.24) is 4.98 Å². The van der Waals surface area contributed by atoms with Crippen LogP contribution in [0, 0.1) is 6.92 Å². The van der Waals surface area contributed by atoms with Gasteiger partial charge in [-0.15, -0.1) is 23.2 Å².